The molecule has 2 rings (SSSR count). The molecule has 1 amide bonds. The van der Waals surface area contributed by atoms with Crippen LogP contribution in [0.25, 0.3) is 0 Å². The first-order chi connectivity index (χ1) is 15.1. The number of rotatable bonds is 11. The molecule has 166 valence electrons. The van der Waals surface area contributed by atoms with Crippen LogP contribution in [0.3, 0.4) is 0 Å². The Balaban J connectivity index is 1.91. The molecule has 8 heteroatoms. The van der Waals surface area contributed by atoms with Gasteiger partial charge in [0, 0.05) is 19.6 Å². The summed E-state index contributed by atoms with van der Waals surface area (Å²) in [4.78, 5) is 13.9. The second kappa shape index (κ2) is 13.2. The van der Waals surface area contributed by atoms with Gasteiger partial charge in [0.2, 0.25) is 0 Å². The summed E-state index contributed by atoms with van der Waals surface area (Å²) in [6, 6.07) is 15.4. The molecule has 2 aromatic carbocycles. The van der Waals surface area contributed by atoms with Crippen molar-refractivity contribution in [2.75, 3.05) is 26.3 Å². The summed E-state index contributed by atoms with van der Waals surface area (Å²) in [6.07, 6.45) is 1.64. The summed E-state index contributed by atoms with van der Waals surface area (Å²) in [5.41, 5.74) is 4.74. The number of carbonyl (C=O) groups is 1. The number of likely N-dealkylation sites (N-methyl/N-ethyl adjacent to an activating group) is 1. The van der Waals surface area contributed by atoms with Crippen molar-refractivity contribution in [2.45, 2.75) is 27.3 Å². The van der Waals surface area contributed by atoms with Crippen LogP contribution in [0.5, 0.6) is 11.5 Å². The van der Waals surface area contributed by atoms with Gasteiger partial charge >= 0.3 is 0 Å². The molecule has 31 heavy (non-hydrogen) atoms. The molecular weight excluding hydrogens is 412 g/mol. The van der Waals surface area contributed by atoms with Crippen molar-refractivity contribution in [3.05, 3.63) is 59.7 Å². The van der Waals surface area contributed by atoms with E-state index >= 15 is 0 Å². The van der Waals surface area contributed by atoms with Gasteiger partial charge in [-0.1, -0.05) is 30.3 Å². The molecule has 0 atom stereocenters. The lowest BCUT2D eigenvalue weighted by Gasteiger charge is -2.19. The van der Waals surface area contributed by atoms with Crippen LogP contribution in [0.4, 0.5) is 0 Å². The Morgan fingerprint density at radius 2 is 1.81 bits per heavy atom. The number of hydrazone groups is 1. The lowest BCUT2D eigenvalue weighted by atomic mass is 10.2. The van der Waals surface area contributed by atoms with Gasteiger partial charge in [-0.2, -0.15) is 5.10 Å². The fourth-order valence-corrected chi connectivity index (χ4v) is 2.91. The number of hydrogen-bond acceptors (Lipinski definition) is 5. The topological polar surface area (TPSA) is 75.2 Å². The Hall–Kier alpha value is -3.13. The number of amides is 1. The first-order valence-electron chi connectivity index (χ1n) is 10.4. The van der Waals surface area contributed by atoms with Gasteiger partial charge in [-0.3, -0.25) is 10.2 Å². The quantitative estimate of drug-likeness (QED) is 0.316. The van der Waals surface area contributed by atoms with Crippen LogP contribution < -0.4 is 20.2 Å². The Morgan fingerprint density at radius 1 is 1.06 bits per heavy atom. The third-order valence-electron chi connectivity index (χ3n) is 4.41. The normalized spacial score (nSPS) is 10.5. The van der Waals surface area contributed by atoms with Crippen LogP contribution in [-0.2, 0) is 11.3 Å². The standard InChI is InChI=1S/C23H30N4O3S/c1-4-27(5-2)22(28)17-30-20-13-12-19(14-21(20)29-6-3)16-25-26-23(31)24-15-18-10-8-7-9-11-18/h7-14,16H,4-6,15,17H2,1-3H3,(H2,24,26,31)/b25-16-. The molecule has 0 bridgehead atoms. The molecule has 0 spiro atoms. The maximum Gasteiger partial charge on any atom is 0.260 e. The third kappa shape index (κ3) is 8.25. The number of nitrogens with one attached hydrogen (secondary N) is 2. The van der Waals surface area contributed by atoms with Crippen molar-refractivity contribution >= 4 is 29.5 Å². The van der Waals surface area contributed by atoms with Gasteiger partial charge in [-0.05, 0) is 62.3 Å². The van der Waals surface area contributed by atoms with Crippen LogP contribution in [-0.4, -0.2) is 48.4 Å². The summed E-state index contributed by atoms with van der Waals surface area (Å²) >= 11 is 5.24. The number of benzene rings is 2. The minimum absolute atomic E-state index is 0.0297. The SMILES string of the molecule is CCOc1cc(/C=N\NC(=S)NCc2ccccc2)ccc1OCC(=O)N(CC)CC. The van der Waals surface area contributed by atoms with E-state index in [1.54, 1.807) is 17.2 Å². The predicted octanol–water partition coefficient (Wildman–Crippen LogP) is 3.33. The van der Waals surface area contributed by atoms with E-state index in [1.165, 1.54) is 0 Å². The lowest BCUT2D eigenvalue weighted by molar-refractivity contribution is -0.132. The number of carbonyl (C=O) groups excluding carboxylic acids is 1. The van der Waals surface area contributed by atoms with Gasteiger partial charge in [-0.25, -0.2) is 0 Å². The zero-order valence-electron chi connectivity index (χ0n) is 18.3. The van der Waals surface area contributed by atoms with Gasteiger partial charge in [0.05, 0.1) is 12.8 Å². The number of ether oxygens (including phenoxy) is 2. The molecule has 0 aliphatic carbocycles. The van der Waals surface area contributed by atoms with E-state index in [1.807, 2.05) is 63.2 Å². The average Bonchev–Trinajstić information content (AvgIpc) is 2.79. The number of nitrogens with zero attached hydrogens (tertiary/aromatic N) is 2. The average molecular weight is 443 g/mol. The van der Waals surface area contributed by atoms with Crippen molar-refractivity contribution in [2.24, 2.45) is 5.10 Å². The minimum atomic E-state index is -0.0567. The van der Waals surface area contributed by atoms with Gasteiger partial charge in [0.15, 0.2) is 23.2 Å². The number of hydrogen-bond donors (Lipinski definition) is 2. The summed E-state index contributed by atoms with van der Waals surface area (Å²) < 4.78 is 11.4. The van der Waals surface area contributed by atoms with Crippen LogP contribution in [0.1, 0.15) is 31.9 Å². The Labute approximate surface area is 189 Å². The Morgan fingerprint density at radius 3 is 2.48 bits per heavy atom. The largest absolute Gasteiger partial charge is 0.490 e. The minimum Gasteiger partial charge on any atom is -0.490 e. The predicted molar refractivity (Wildman–Crippen MR) is 128 cm³/mol. The molecule has 0 fully saturated rings. The number of thiocarbonyl (C=S) groups is 1. The zero-order chi connectivity index (χ0) is 22.5. The molecule has 2 aromatic rings. The summed E-state index contributed by atoms with van der Waals surface area (Å²) in [7, 11) is 0. The van der Waals surface area contributed by atoms with E-state index in [4.69, 9.17) is 21.7 Å². The highest BCUT2D eigenvalue weighted by molar-refractivity contribution is 7.80. The smallest absolute Gasteiger partial charge is 0.260 e. The Kier molecular flexibility index (Phi) is 10.3. The second-order valence-electron chi connectivity index (χ2n) is 6.53. The Bertz CT molecular complexity index is 870. The molecule has 0 heterocycles. The van der Waals surface area contributed by atoms with Gasteiger partial charge < -0.3 is 19.7 Å². The maximum absolute atomic E-state index is 12.2. The van der Waals surface area contributed by atoms with Crippen molar-refractivity contribution in [3.8, 4) is 11.5 Å². The van der Waals surface area contributed by atoms with Crippen LogP contribution in [0, 0.1) is 0 Å². The van der Waals surface area contributed by atoms with Gasteiger partial charge in [0.25, 0.3) is 5.91 Å². The maximum atomic E-state index is 12.2. The highest BCUT2D eigenvalue weighted by atomic mass is 32.1. The third-order valence-corrected chi connectivity index (χ3v) is 4.65. The lowest BCUT2D eigenvalue weighted by Crippen LogP contribution is -2.34. The summed E-state index contributed by atoms with van der Waals surface area (Å²) in [6.45, 7) is 8.16. The van der Waals surface area contributed by atoms with Crippen LogP contribution >= 0.6 is 12.2 Å². The second-order valence-corrected chi connectivity index (χ2v) is 6.94. The van der Waals surface area contributed by atoms with E-state index in [2.05, 4.69) is 15.8 Å². The molecular formula is C23H30N4O3S. The monoisotopic (exact) mass is 442 g/mol. The molecule has 0 unspecified atom stereocenters. The fraction of sp³-hybridized carbons (Fsp3) is 0.348. The first-order valence-corrected chi connectivity index (χ1v) is 10.8. The molecule has 0 aliphatic rings. The fourth-order valence-electron chi connectivity index (χ4n) is 2.78. The molecule has 0 aliphatic heterocycles. The van der Waals surface area contributed by atoms with E-state index in [9.17, 15) is 4.79 Å². The summed E-state index contributed by atoms with van der Waals surface area (Å²) in [5, 5.41) is 7.70. The highest BCUT2D eigenvalue weighted by Crippen LogP contribution is 2.28. The molecule has 0 aromatic heterocycles. The molecule has 0 saturated heterocycles. The molecule has 0 saturated carbocycles. The van der Waals surface area contributed by atoms with E-state index < -0.39 is 0 Å². The van der Waals surface area contributed by atoms with Crippen molar-refractivity contribution in [1.29, 1.82) is 0 Å². The molecule has 7 nitrogen and oxygen atoms in total. The van der Waals surface area contributed by atoms with Gasteiger partial charge in [-0.15, -0.1) is 0 Å². The molecule has 0 radical (unpaired) electrons. The molecule has 2 N–H and O–H groups in total. The van der Waals surface area contributed by atoms with Crippen molar-refractivity contribution < 1.29 is 14.3 Å². The van der Waals surface area contributed by atoms with Crippen molar-refractivity contribution in [1.82, 2.24) is 15.6 Å². The van der Waals surface area contributed by atoms with Gasteiger partial charge in [0.1, 0.15) is 0 Å². The zero-order valence-corrected chi connectivity index (χ0v) is 19.1. The van der Waals surface area contributed by atoms with Crippen LogP contribution in [0.2, 0.25) is 0 Å². The van der Waals surface area contributed by atoms with Crippen LogP contribution in [0.15, 0.2) is 53.6 Å². The van der Waals surface area contributed by atoms with E-state index in [0.29, 0.717) is 42.9 Å². The van der Waals surface area contributed by atoms with E-state index in [-0.39, 0.29) is 12.5 Å². The first kappa shape index (κ1) is 24.1. The van der Waals surface area contributed by atoms with Crippen molar-refractivity contribution in [3.63, 3.8) is 0 Å². The highest BCUT2D eigenvalue weighted by Gasteiger charge is 2.12. The summed E-state index contributed by atoms with van der Waals surface area (Å²) in [5.74, 6) is 1.02. The van der Waals surface area contributed by atoms with E-state index in [0.717, 1.165) is 11.1 Å².